The Bertz CT molecular complexity index is 889. The summed E-state index contributed by atoms with van der Waals surface area (Å²) in [6.07, 6.45) is 3.76. The Morgan fingerprint density at radius 2 is 1.70 bits per heavy atom. The molecule has 5 nitrogen and oxygen atoms in total. The fourth-order valence-electron chi connectivity index (χ4n) is 4.29. The maximum atomic E-state index is 12.6. The molecule has 0 radical (unpaired) electrons. The fourth-order valence-corrected chi connectivity index (χ4v) is 4.29. The van der Waals surface area contributed by atoms with Crippen molar-refractivity contribution in [2.45, 2.75) is 31.5 Å². The summed E-state index contributed by atoms with van der Waals surface area (Å²) >= 11 is 0. The predicted octanol–water partition coefficient (Wildman–Crippen LogP) is 1.30. The van der Waals surface area contributed by atoms with Gasteiger partial charge in [-0.25, -0.2) is 0 Å². The van der Waals surface area contributed by atoms with E-state index in [2.05, 4.69) is 53.1 Å². The SMILES string of the molecule is O=C(C[NH2+][C@@H](c1ccccc1)c1ccco1)NC1CC[NH+](Cc2ccccc2)CC1. The maximum Gasteiger partial charge on any atom is 0.275 e. The van der Waals surface area contributed by atoms with Crippen molar-refractivity contribution in [3.05, 3.63) is 95.9 Å². The minimum Gasteiger partial charge on any atom is -0.463 e. The van der Waals surface area contributed by atoms with E-state index < -0.39 is 0 Å². The Kier molecular flexibility index (Phi) is 6.95. The number of quaternary nitrogens is 2. The number of nitrogens with one attached hydrogen (secondary N) is 2. The molecule has 1 aliphatic rings. The van der Waals surface area contributed by atoms with E-state index in [-0.39, 0.29) is 18.0 Å². The van der Waals surface area contributed by atoms with Crippen LogP contribution in [0.25, 0.3) is 0 Å². The van der Waals surface area contributed by atoms with Crippen LogP contribution in [0.5, 0.6) is 0 Å². The second kappa shape index (κ2) is 10.2. The van der Waals surface area contributed by atoms with E-state index >= 15 is 0 Å². The van der Waals surface area contributed by atoms with E-state index in [4.69, 9.17) is 4.42 Å². The molecule has 156 valence electrons. The van der Waals surface area contributed by atoms with Gasteiger partial charge in [-0.1, -0.05) is 60.7 Å². The highest BCUT2D eigenvalue weighted by atomic mass is 16.3. The molecule has 0 saturated carbocycles. The highest BCUT2D eigenvalue weighted by molar-refractivity contribution is 5.77. The summed E-state index contributed by atoms with van der Waals surface area (Å²) in [6, 6.07) is 25.0. The quantitative estimate of drug-likeness (QED) is 0.529. The Balaban J connectivity index is 1.24. The van der Waals surface area contributed by atoms with E-state index in [1.165, 1.54) is 5.56 Å². The third kappa shape index (κ3) is 5.59. The number of likely N-dealkylation sites (tertiary alicyclic amines) is 1. The molecule has 1 saturated heterocycles. The molecule has 0 bridgehead atoms. The van der Waals surface area contributed by atoms with Gasteiger partial charge in [0.1, 0.15) is 6.54 Å². The summed E-state index contributed by atoms with van der Waals surface area (Å²) in [5.41, 5.74) is 2.52. The van der Waals surface area contributed by atoms with Gasteiger partial charge in [0.15, 0.2) is 18.3 Å². The normalized spacial score (nSPS) is 19.9. The van der Waals surface area contributed by atoms with Crippen molar-refractivity contribution in [3.8, 4) is 0 Å². The molecule has 2 aromatic carbocycles. The van der Waals surface area contributed by atoms with Gasteiger partial charge >= 0.3 is 0 Å². The number of carbonyl (C=O) groups is 1. The molecule has 1 aliphatic heterocycles. The van der Waals surface area contributed by atoms with Crippen LogP contribution in [-0.2, 0) is 11.3 Å². The number of amides is 1. The first-order chi connectivity index (χ1) is 14.8. The average molecular weight is 406 g/mol. The van der Waals surface area contributed by atoms with Gasteiger partial charge < -0.3 is 20.0 Å². The Morgan fingerprint density at radius 3 is 2.37 bits per heavy atom. The summed E-state index contributed by atoms with van der Waals surface area (Å²) in [7, 11) is 0. The molecule has 4 N–H and O–H groups in total. The number of furan rings is 1. The number of rotatable bonds is 8. The second-order valence-electron chi connectivity index (χ2n) is 8.10. The topological polar surface area (TPSA) is 63.3 Å². The first-order valence-corrected chi connectivity index (χ1v) is 10.9. The third-order valence-corrected chi connectivity index (χ3v) is 5.90. The van der Waals surface area contributed by atoms with E-state index in [1.807, 2.05) is 30.3 Å². The van der Waals surface area contributed by atoms with Gasteiger partial charge in [-0.05, 0) is 12.1 Å². The maximum absolute atomic E-state index is 12.6. The van der Waals surface area contributed by atoms with Crippen LogP contribution < -0.4 is 15.5 Å². The summed E-state index contributed by atoms with van der Waals surface area (Å²) in [6.45, 7) is 3.65. The molecule has 3 aromatic rings. The van der Waals surface area contributed by atoms with E-state index in [9.17, 15) is 4.79 Å². The summed E-state index contributed by atoms with van der Waals surface area (Å²) in [4.78, 5) is 14.2. The zero-order valence-corrected chi connectivity index (χ0v) is 17.3. The minimum absolute atomic E-state index is 0.0101. The number of carbonyl (C=O) groups excluding carboxylic acids is 1. The highest BCUT2D eigenvalue weighted by Crippen LogP contribution is 2.18. The standard InChI is InChI=1S/C25H29N3O2/c29-24(18-26-25(23-12-7-17-30-23)21-10-5-2-6-11-21)27-22-13-15-28(16-14-22)19-20-8-3-1-4-9-20/h1-12,17,22,25-26H,13-16,18-19H2,(H,27,29)/p+2/t25-/m0/s1. The van der Waals surface area contributed by atoms with Crippen molar-refractivity contribution in [1.29, 1.82) is 0 Å². The van der Waals surface area contributed by atoms with Gasteiger partial charge in [-0.2, -0.15) is 0 Å². The van der Waals surface area contributed by atoms with E-state index in [0.717, 1.165) is 43.8 Å². The van der Waals surface area contributed by atoms with Crippen LogP contribution in [0.2, 0.25) is 0 Å². The van der Waals surface area contributed by atoms with Crippen molar-refractivity contribution in [1.82, 2.24) is 5.32 Å². The van der Waals surface area contributed by atoms with Crippen molar-refractivity contribution in [3.63, 3.8) is 0 Å². The van der Waals surface area contributed by atoms with E-state index in [0.29, 0.717) is 6.54 Å². The zero-order valence-electron chi connectivity index (χ0n) is 17.3. The Labute approximate surface area is 178 Å². The number of piperidine rings is 1. The van der Waals surface area contributed by atoms with Crippen molar-refractivity contribution in [2.75, 3.05) is 19.6 Å². The number of hydrogen-bond donors (Lipinski definition) is 3. The number of hydrogen-bond acceptors (Lipinski definition) is 2. The fraction of sp³-hybridized carbons (Fsp3) is 0.320. The molecule has 1 fully saturated rings. The molecule has 30 heavy (non-hydrogen) atoms. The Hall–Kier alpha value is -2.89. The monoisotopic (exact) mass is 405 g/mol. The lowest BCUT2D eigenvalue weighted by atomic mass is 10.0. The second-order valence-corrected chi connectivity index (χ2v) is 8.10. The summed E-state index contributed by atoms with van der Waals surface area (Å²) < 4.78 is 5.63. The molecule has 1 atom stereocenters. The van der Waals surface area contributed by atoms with Crippen LogP contribution in [0.15, 0.2) is 83.5 Å². The summed E-state index contributed by atoms with van der Waals surface area (Å²) in [5, 5.41) is 5.30. The molecule has 1 aromatic heterocycles. The van der Waals surface area contributed by atoms with Crippen LogP contribution in [0.3, 0.4) is 0 Å². The molecular formula is C25H31N3O2+2. The van der Waals surface area contributed by atoms with Gasteiger partial charge in [0, 0.05) is 30.0 Å². The van der Waals surface area contributed by atoms with Crippen molar-refractivity contribution < 1.29 is 19.4 Å². The van der Waals surface area contributed by atoms with Crippen LogP contribution in [0, 0.1) is 0 Å². The minimum atomic E-state index is -0.0101. The van der Waals surface area contributed by atoms with Gasteiger partial charge in [-0.3, -0.25) is 4.79 Å². The van der Waals surface area contributed by atoms with Gasteiger partial charge in [-0.15, -0.1) is 0 Å². The molecule has 0 aliphatic carbocycles. The average Bonchev–Trinajstić information content (AvgIpc) is 3.31. The van der Waals surface area contributed by atoms with Crippen molar-refractivity contribution in [2.24, 2.45) is 0 Å². The number of benzene rings is 2. The molecule has 2 heterocycles. The van der Waals surface area contributed by atoms with Gasteiger partial charge in [0.2, 0.25) is 0 Å². The molecular weight excluding hydrogens is 374 g/mol. The van der Waals surface area contributed by atoms with Gasteiger partial charge in [0.25, 0.3) is 5.91 Å². The lowest BCUT2D eigenvalue weighted by molar-refractivity contribution is -0.918. The zero-order chi connectivity index (χ0) is 20.6. The lowest BCUT2D eigenvalue weighted by Crippen LogP contribution is -3.12. The summed E-state index contributed by atoms with van der Waals surface area (Å²) in [5.74, 6) is 0.964. The molecule has 5 heteroatoms. The van der Waals surface area contributed by atoms with Crippen LogP contribution in [0.1, 0.15) is 35.8 Å². The molecule has 0 unspecified atom stereocenters. The van der Waals surface area contributed by atoms with Crippen LogP contribution in [0.4, 0.5) is 0 Å². The number of nitrogens with two attached hydrogens (primary N) is 1. The third-order valence-electron chi connectivity index (χ3n) is 5.90. The van der Waals surface area contributed by atoms with Crippen LogP contribution >= 0.6 is 0 Å². The van der Waals surface area contributed by atoms with Gasteiger partial charge in [0.05, 0.1) is 19.4 Å². The molecule has 1 amide bonds. The predicted molar refractivity (Wildman–Crippen MR) is 116 cm³/mol. The Morgan fingerprint density at radius 1 is 1.00 bits per heavy atom. The molecule has 0 spiro atoms. The van der Waals surface area contributed by atoms with Crippen LogP contribution in [-0.4, -0.2) is 31.6 Å². The first-order valence-electron chi connectivity index (χ1n) is 10.9. The van der Waals surface area contributed by atoms with E-state index in [1.54, 1.807) is 11.2 Å². The lowest BCUT2D eigenvalue weighted by Gasteiger charge is -2.29. The first kappa shape index (κ1) is 20.4. The van der Waals surface area contributed by atoms with Crippen molar-refractivity contribution >= 4 is 5.91 Å². The largest absolute Gasteiger partial charge is 0.463 e. The smallest absolute Gasteiger partial charge is 0.275 e. The highest BCUT2D eigenvalue weighted by Gasteiger charge is 2.25. The molecule has 4 rings (SSSR count).